The summed E-state index contributed by atoms with van der Waals surface area (Å²) in [5, 5.41) is 8.76. The Morgan fingerprint density at radius 1 is 1.32 bits per heavy atom. The van der Waals surface area contributed by atoms with Crippen molar-refractivity contribution >= 4 is 11.9 Å². The lowest BCUT2D eigenvalue weighted by Gasteiger charge is -2.25. The van der Waals surface area contributed by atoms with Gasteiger partial charge in [0.25, 0.3) is 12.3 Å². The van der Waals surface area contributed by atoms with Crippen molar-refractivity contribution in [2.45, 2.75) is 26.3 Å². The molecule has 0 saturated heterocycles. The minimum Gasteiger partial charge on any atom is -0.480 e. The van der Waals surface area contributed by atoms with Crippen LogP contribution in [-0.2, 0) is 4.79 Å². The lowest BCUT2D eigenvalue weighted by Crippen LogP contribution is -2.40. The number of hydrogen-bond donors (Lipinski definition) is 1. The van der Waals surface area contributed by atoms with E-state index in [0.717, 1.165) is 11.0 Å². The summed E-state index contributed by atoms with van der Waals surface area (Å²) in [5.74, 6) is -1.72. The minimum absolute atomic E-state index is 0.0627. The Bertz CT molecular complexity index is 475. The van der Waals surface area contributed by atoms with Gasteiger partial charge in [0.15, 0.2) is 0 Å². The Kier molecular flexibility index (Phi) is 4.97. The van der Waals surface area contributed by atoms with Gasteiger partial charge in [0.2, 0.25) is 0 Å². The van der Waals surface area contributed by atoms with Gasteiger partial charge in [-0.05, 0) is 26.0 Å². The zero-order valence-corrected chi connectivity index (χ0v) is 10.6. The van der Waals surface area contributed by atoms with Gasteiger partial charge in [-0.25, -0.2) is 8.78 Å². The molecule has 1 amide bonds. The fourth-order valence-electron chi connectivity index (χ4n) is 1.61. The molecule has 0 aromatic heterocycles. The van der Waals surface area contributed by atoms with Crippen molar-refractivity contribution in [2.24, 2.45) is 0 Å². The molecule has 0 saturated carbocycles. The molecule has 1 rings (SSSR count). The summed E-state index contributed by atoms with van der Waals surface area (Å²) < 4.78 is 25.1. The Balaban J connectivity index is 3.02. The first-order valence-electron chi connectivity index (χ1n) is 5.73. The van der Waals surface area contributed by atoms with Crippen LogP contribution in [0.3, 0.4) is 0 Å². The molecule has 1 aromatic carbocycles. The van der Waals surface area contributed by atoms with Crippen molar-refractivity contribution in [2.75, 3.05) is 6.54 Å². The lowest BCUT2D eigenvalue weighted by atomic mass is 10.1. The first kappa shape index (κ1) is 15.1. The monoisotopic (exact) mass is 271 g/mol. The molecule has 0 radical (unpaired) electrons. The van der Waals surface area contributed by atoms with Crippen LogP contribution < -0.4 is 0 Å². The molecule has 0 fully saturated rings. The Morgan fingerprint density at radius 2 is 1.95 bits per heavy atom. The summed E-state index contributed by atoms with van der Waals surface area (Å²) in [4.78, 5) is 23.9. The highest BCUT2D eigenvalue weighted by molar-refractivity contribution is 5.96. The van der Waals surface area contributed by atoms with Crippen LogP contribution in [0, 0.1) is 0 Å². The standard InChI is InChI=1S/C13H15F2NO3/c1-8(2)16(7-11(17)18)13(19)10-5-3-4-9(6-10)12(14)15/h3-6,8,12H,7H2,1-2H3,(H,17,18). The van der Waals surface area contributed by atoms with Gasteiger partial charge in [0, 0.05) is 17.2 Å². The molecular formula is C13H15F2NO3. The van der Waals surface area contributed by atoms with Gasteiger partial charge in [-0.2, -0.15) is 0 Å². The van der Waals surface area contributed by atoms with E-state index in [9.17, 15) is 18.4 Å². The Hall–Kier alpha value is -1.98. The van der Waals surface area contributed by atoms with E-state index in [0.29, 0.717) is 0 Å². The number of aliphatic carboxylic acids is 1. The number of nitrogens with zero attached hydrogens (tertiary/aromatic N) is 1. The van der Waals surface area contributed by atoms with E-state index in [1.54, 1.807) is 13.8 Å². The highest BCUT2D eigenvalue weighted by Crippen LogP contribution is 2.20. The molecule has 0 spiro atoms. The molecule has 1 N–H and O–H groups in total. The first-order chi connectivity index (χ1) is 8.82. The second kappa shape index (κ2) is 6.26. The molecule has 0 aliphatic rings. The number of benzene rings is 1. The molecule has 19 heavy (non-hydrogen) atoms. The SMILES string of the molecule is CC(C)N(CC(=O)O)C(=O)c1cccc(C(F)F)c1. The highest BCUT2D eigenvalue weighted by Gasteiger charge is 2.22. The number of hydrogen-bond acceptors (Lipinski definition) is 2. The molecular weight excluding hydrogens is 256 g/mol. The fraction of sp³-hybridized carbons (Fsp3) is 0.385. The third-order valence-corrected chi connectivity index (χ3v) is 2.58. The maximum absolute atomic E-state index is 12.6. The highest BCUT2D eigenvalue weighted by atomic mass is 19.3. The molecule has 0 aliphatic carbocycles. The smallest absolute Gasteiger partial charge is 0.323 e. The van der Waals surface area contributed by atoms with E-state index in [-0.39, 0.29) is 17.2 Å². The van der Waals surface area contributed by atoms with Crippen LogP contribution in [0.4, 0.5) is 8.78 Å². The number of rotatable bonds is 5. The predicted octanol–water partition coefficient (Wildman–Crippen LogP) is 2.56. The van der Waals surface area contributed by atoms with Crippen LogP contribution >= 0.6 is 0 Å². The summed E-state index contributed by atoms with van der Waals surface area (Å²) in [7, 11) is 0. The van der Waals surface area contributed by atoms with Crippen molar-refractivity contribution in [3.05, 3.63) is 35.4 Å². The zero-order valence-electron chi connectivity index (χ0n) is 10.6. The number of carbonyl (C=O) groups is 2. The molecule has 0 heterocycles. The molecule has 0 atom stereocenters. The quantitative estimate of drug-likeness (QED) is 0.895. The van der Waals surface area contributed by atoms with Crippen LogP contribution in [0.15, 0.2) is 24.3 Å². The fourth-order valence-corrected chi connectivity index (χ4v) is 1.61. The summed E-state index contributed by atoms with van der Waals surface area (Å²) in [5.41, 5.74) is -0.197. The second-order valence-corrected chi connectivity index (χ2v) is 4.35. The van der Waals surface area contributed by atoms with Gasteiger partial charge in [-0.3, -0.25) is 9.59 Å². The van der Waals surface area contributed by atoms with Crippen LogP contribution in [0.2, 0.25) is 0 Å². The van der Waals surface area contributed by atoms with Crippen molar-refractivity contribution in [1.82, 2.24) is 4.90 Å². The van der Waals surface area contributed by atoms with E-state index in [4.69, 9.17) is 5.11 Å². The van der Waals surface area contributed by atoms with E-state index in [2.05, 4.69) is 0 Å². The summed E-state index contributed by atoms with van der Waals surface area (Å²) in [6.45, 7) is 2.87. The van der Waals surface area contributed by atoms with Gasteiger partial charge in [-0.15, -0.1) is 0 Å². The Morgan fingerprint density at radius 3 is 2.42 bits per heavy atom. The van der Waals surface area contributed by atoms with Crippen molar-refractivity contribution < 1.29 is 23.5 Å². The lowest BCUT2D eigenvalue weighted by molar-refractivity contribution is -0.138. The largest absolute Gasteiger partial charge is 0.480 e. The number of carboxylic acid groups (broad SMARTS) is 1. The van der Waals surface area contributed by atoms with Gasteiger partial charge >= 0.3 is 5.97 Å². The maximum Gasteiger partial charge on any atom is 0.323 e. The molecule has 104 valence electrons. The van der Waals surface area contributed by atoms with Gasteiger partial charge in [0.1, 0.15) is 6.54 Å². The molecule has 6 heteroatoms. The summed E-state index contributed by atoms with van der Waals surface area (Å²) in [6, 6.07) is 4.72. The van der Waals surface area contributed by atoms with Crippen molar-refractivity contribution in [3.63, 3.8) is 0 Å². The molecule has 0 unspecified atom stereocenters. The normalized spacial score (nSPS) is 10.8. The summed E-state index contributed by atoms with van der Waals surface area (Å²) >= 11 is 0. The molecule has 1 aromatic rings. The molecule has 4 nitrogen and oxygen atoms in total. The van der Waals surface area contributed by atoms with E-state index in [1.807, 2.05) is 0 Å². The summed E-state index contributed by atoms with van der Waals surface area (Å²) in [6.07, 6.45) is -2.67. The third-order valence-electron chi connectivity index (χ3n) is 2.58. The molecule has 0 aliphatic heterocycles. The van der Waals surface area contributed by atoms with Crippen LogP contribution in [0.1, 0.15) is 36.2 Å². The third kappa shape index (κ3) is 4.01. The van der Waals surface area contributed by atoms with Gasteiger partial charge < -0.3 is 10.0 Å². The molecule has 0 bridgehead atoms. The van der Waals surface area contributed by atoms with Crippen LogP contribution in [-0.4, -0.2) is 34.5 Å². The number of carboxylic acids is 1. The van der Waals surface area contributed by atoms with Crippen molar-refractivity contribution in [1.29, 1.82) is 0 Å². The number of carbonyl (C=O) groups excluding carboxylic acids is 1. The van der Waals surface area contributed by atoms with E-state index in [1.165, 1.54) is 18.2 Å². The second-order valence-electron chi connectivity index (χ2n) is 4.35. The average molecular weight is 271 g/mol. The van der Waals surface area contributed by atoms with Gasteiger partial charge in [0.05, 0.1) is 0 Å². The zero-order chi connectivity index (χ0) is 14.6. The maximum atomic E-state index is 12.6. The average Bonchev–Trinajstić information content (AvgIpc) is 2.34. The van der Waals surface area contributed by atoms with Crippen LogP contribution in [0.5, 0.6) is 0 Å². The number of amides is 1. The van der Waals surface area contributed by atoms with Crippen molar-refractivity contribution in [3.8, 4) is 0 Å². The van der Waals surface area contributed by atoms with E-state index < -0.39 is 24.8 Å². The topological polar surface area (TPSA) is 57.6 Å². The minimum atomic E-state index is -2.67. The Labute approximate surface area is 109 Å². The van der Waals surface area contributed by atoms with Gasteiger partial charge in [-0.1, -0.05) is 12.1 Å². The predicted molar refractivity (Wildman–Crippen MR) is 65.2 cm³/mol. The number of halogens is 2. The first-order valence-corrected chi connectivity index (χ1v) is 5.73. The van der Waals surface area contributed by atoms with E-state index >= 15 is 0 Å². The number of alkyl halides is 2. The van der Waals surface area contributed by atoms with Crippen LogP contribution in [0.25, 0.3) is 0 Å².